The van der Waals surface area contributed by atoms with Crippen LogP contribution in [-0.2, 0) is 33.3 Å². The number of phenols is 4. The molecule has 67 heavy (non-hydrogen) atoms. The quantitative estimate of drug-likeness (QED) is 0.0933. The number of phosphoric ester groups is 1. The van der Waals surface area contributed by atoms with Crippen LogP contribution in [-0.4, -0.2) is 42.4 Å². The van der Waals surface area contributed by atoms with Crippen LogP contribution in [0.5, 0.6) is 23.0 Å². The molecule has 0 aliphatic heterocycles. The maximum atomic E-state index is 15.4. The largest absolute Gasteiger partial charge is 0.508 e. The summed E-state index contributed by atoms with van der Waals surface area (Å²) >= 11 is 0. The van der Waals surface area contributed by atoms with E-state index in [0.29, 0.717) is 11.1 Å². The van der Waals surface area contributed by atoms with Crippen LogP contribution in [0.1, 0.15) is 136 Å². The van der Waals surface area contributed by atoms with E-state index in [1.54, 1.807) is 42.5 Å². The molecule has 0 saturated heterocycles. The first-order chi connectivity index (χ1) is 30.1. The van der Waals surface area contributed by atoms with Crippen LogP contribution in [0.25, 0.3) is 0 Å². The Kier molecular flexibility index (Phi) is 15.6. The summed E-state index contributed by atoms with van der Waals surface area (Å²) in [5, 5.41) is 40.3. The van der Waals surface area contributed by atoms with E-state index in [1.165, 1.54) is 18.2 Å². The molecule has 11 nitrogen and oxygen atoms in total. The number of allylic oxidation sites excluding steroid dienone is 4. The second-order valence-electron chi connectivity index (χ2n) is 24.0. The zero-order chi connectivity index (χ0) is 51.4. The number of rotatable bonds is 8. The Morgan fingerprint density at radius 3 is 1.04 bits per heavy atom. The Morgan fingerprint density at radius 1 is 0.478 bits per heavy atom. The van der Waals surface area contributed by atoms with E-state index in [-0.39, 0.29) is 23.0 Å². The Labute approximate surface area is 400 Å². The molecule has 3 aromatic rings. The highest BCUT2D eigenvalue weighted by Gasteiger charge is 2.57. The van der Waals surface area contributed by atoms with E-state index in [2.05, 4.69) is 83.1 Å². The Balaban J connectivity index is 0.00000110. The second-order valence-corrected chi connectivity index (χ2v) is 27.0. The molecule has 0 fully saturated rings. The predicted octanol–water partition coefficient (Wildman–Crippen LogP) is 14.4. The van der Waals surface area contributed by atoms with E-state index >= 15 is 4.57 Å². The number of phosphoric acid groups is 2. The van der Waals surface area contributed by atoms with Crippen molar-refractivity contribution in [3.8, 4) is 23.0 Å². The topological polar surface area (TPSA) is 183 Å². The minimum Gasteiger partial charge on any atom is -0.508 e. The van der Waals surface area contributed by atoms with Crippen molar-refractivity contribution in [1.82, 2.24) is 0 Å². The van der Waals surface area contributed by atoms with Gasteiger partial charge in [-0.1, -0.05) is 191 Å². The lowest BCUT2D eigenvalue weighted by Crippen LogP contribution is -2.49. The van der Waals surface area contributed by atoms with Crippen LogP contribution in [0.2, 0.25) is 0 Å². The smallest absolute Gasteiger partial charge is 0.485 e. The SMILES string of the molecule is CC(C)(C)C1=C(C(C)(C)C)C(c2ccccc2O)(C(C)(C)C)C=CC1OP(=O)(OC1C=CC(c2ccccc2O)(C(C)(C)C)C(C(C)(C)C)=C1C(C)(C)C)OP(=O)(O)O.Oc1cccc(O)c1. The summed E-state index contributed by atoms with van der Waals surface area (Å²) in [6, 6.07) is 20.4. The standard InChI is InChI=1S/C48H72O9P2.C6H6O2/c1-41(2,3)37-35(27-29-47(45(13,14)15,39(37)43(7,8)9)31-23-19-21-25-33(31)49)55-59(54,57-58(51,52)53)56-36-28-30-48(46(16,17)18,32-24-20-22-26-34(32)50)40(44(10,11)12)38(36)42(4,5)6;7-5-2-1-3-6(8)4-5/h19-30,35-36,49-50H,1-18H3,(H2,51,52,53);1-4,7-8H. The lowest BCUT2D eigenvalue weighted by atomic mass is 9.50. The molecule has 0 saturated carbocycles. The van der Waals surface area contributed by atoms with Gasteiger partial charge in [-0.2, -0.15) is 4.31 Å². The summed E-state index contributed by atoms with van der Waals surface area (Å²) in [6.07, 6.45) is 5.18. The van der Waals surface area contributed by atoms with Crippen molar-refractivity contribution < 1.29 is 52.7 Å². The van der Waals surface area contributed by atoms with Crippen molar-refractivity contribution in [2.75, 3.05) is 0 Å². The van der Waals surface area contributed by atoms with Gasteiger partial charge in [-0.3, -0.25) is 9.05 Å². The highest BCUT2D eigenvalue weighted by Crippen LogP contribution is 2.68. The summed E-state index contributed by atoms with van der Waals surface area (Å²) in [5.41, 5.74) is -0.712. The summed E-state index contributed by atoms with van der Waals surface area (Å²) in [6.45, 7) is 37.3. The Hall–Kier alpha value is -3.92. The normalized spacial score (nSPS) is 23.2. The van der Waals surface area contributed by atoms with Crippen LogP contribution < -0.4 is 0 Å². The van der Waals surface area contributed by atoms with Gasteiger partial charge in [0.1, 0.15) is 35.2 Å². The van der Waals surface area contributed by atoms with Gasteiger partial charge in [-0.25, -0.2) is 9.13 Å². The summed E-state index contributed by atoms with van der Waals surface area (Å²) < 4.78 is 46.6. The number of hydrogen-bond donors (Lipinski definition) is 6. The number of phenolic OH excluding ortho intramolecular Hbond substituents is 4. The molecule has 3 aromatic carbocycles. The fourth-order valence-corrected chi connectivity index (χ4v) is 12.7. The van der Waals surface area contributed by atoms with Crippen LogP contribution in [0.3, 0.4) is 0 Å². The van der Waals surface area contributed by atoms with E-state index < -0.39 is 71.2 Å². The minimum atomic E-state index is -5.51. The Bertz CT molecular complexity index is 2350. The molecule has 2 aliphatic rings. The van der Waals surface area contributed by atoms with Gasteiger partial charge < -0.3 is 30.2 Å². The molecule has 0 radical (unpaired) electrons. The molecule has 4 atom stereocenters. The van der Waals surface area contributed by atoms with Crippen LogP contribution in [0, 0.1) is 32.5 Å². The van der Waals surface area contributed by atoms with Gasteiger partial charge in [0.25, 0.3) is 0 Å². The second kappa shape index (κ2) is 18.8. The highest BCUT2D eigenvalue weighted by molar-refractivity contribution is 7.61. The zero-order valence-electron chi connectivity index (χ0n) is 43.0. The van der Waals surface area contributed by atoms with Gasteiger partial charge >= 0.3 is 15.6 Å². The molecule has 6 N–H and O–H groups in total. The molecule has 13 heteroatoms. The average Bonchev–Trinajstić information content (AvgIpc) is 3.12. The number of hydrogen-bond acceptors (Lipinski definition) is 9. The molecule has 0 heterocycles. The zero-order valence-corrected chi connectivity index (χ0v) is 44.8. The maximum absolute atomic E-state index is 15.4. The van der Waals surface area contributed by atoms with Gasteiger partial charge in [0.15, 0.2) is 0 Å². The van der Waals surface area contributed by atoms with Gasteiger partial charge in [-0.05, 0) is 79.0 Å². The van der Waals surface area contributed by atoms with Gasteiger partial charge in [0.2, 0.25) is 0 Å². The molecule has 2 aliphatic carbocycles. The number of aromatic hydroxyl groups is 4. The summed E-state index contributed by atoms with van der Waals surface area (Å²) in [5.74, 6) is 0.418. The third-order valence-electron chi connectivity index (χ3n) is 12.6. The highest BCUT2D eigenvalue weighted by atomic mass is 31.3. The molecular formula is C54H78O11P2. The lowest BCUT2D eigenvalue weighted by Gasteiger charge is -2.55. The maximum Gasteiger partial charge on any atom is 0.485 e. The molecule has 0 amide bonds. The van der Waals surface area contributed by atoms with Crippen molar-refractivity contribution in [3.05, 3.63) is 131 Å². The number of benzene rings is 3. The van der Waals surface area contributed by atoms with E-state index in [0.717, 1.165) is 22.3 Å². The van der Waals surface area contributed by atoms with E-state index in [4.69, 9.17) is 23.6 Å². The first-order valence-electron chi connectivity index (χ1n) is 22.8. The number of para-hydroxylation sites is 2. The van der Waals surface area contributed by atoms with Crippen molar-refractivity contribution in [1.29, 1.82) is 0 Å². The fourth-order valence-electron chi connectivity index (χ4n) is 10.4. The third kappa shape index (κ3) is 11.8. The molecule has 370 valence electrons. The monoisotopic (exact) mass is 965 g/mol. The van der Waals surface area contributed by atoms with Crippen molar-refractivity contribution in [2.24, 2.45) is 32.5 Å². The first-order valence-corrected chi connectivity index (χ1v) is 25.8. The van der Waals surface area contributed by atoms with E-state index in [9.17, 15) is 24.6 Å². The van der Waals surface area contributed by atoms with E-state index in [1.807, 2.05) is 78.0 Å². The van der Waals surface area contributed by atoms with Gasteiger partial charge in [-0.15, -0.1) is 0 Å². The molecule has 0 aromatic heterocycles. The average molecular weight is 965 g/mol. The lowest BCUT2D eigenvalue weighted by molar-refractivity contribution is 0.0971. The van der Waals surface area contributed by atoms with Gasteiger partial charge in [0.05, 0.1) is 0 Å². The third-order valence-corrected chi connectivity index (χ3v) is 15.2. The van der Waals surface area contributed by atoms with Crippen molar-refractivity contribution in [2.45, 2.75) is 148 Å². The van der Waals surface area contributed by atoms with Crippen LogP contribution in [0.15, 0.2) is 119 Å². The summed E-state index contributed by atoms with van der Waals surface area (Å²) in [4.78, 5) is 20.8. The van der Waals surface area contributed by atoms with Crippen molar-refractivity contribution in [3.63, 3.8) is 0 Å². The minimum absolute atomic E-state index is 0.0880. The molecule has 0 bridgehead atoms. The Morgan fingerprint density at radius 2 is 0.806 bits per heavy atom. The molecular weight excluding hydrogens is 887 g/mol. The van der Waals surface area contributed by atoms with Gasteiger partial charge in [0, 0.05) is 28.0 Å². The fraction of sp³-hybridized carbons (Fsp3) is 0.519. The summed E-state index contributed by atoms with van der Waals surface area (Å²) in [7, 11) is -10.7. The molecule has 0 spiro atoms. The molecule has 5 rings (SSSR count). The predicted molar refractivity (Wildman–Crippen MR) is 269 cm³/mol. The van der Waals surface area contributed by atoms with Crippen LogP contribution in [0.4, 0.5) is 0 Å². The first kappa shape index (κ1) is 55.7. The molecule has 4 unspecified atom stereocenters. The van der Waals surface area contributed by atoms with Crippen LogP contribution >= 0.6 is 15.6 Å². The van der Waals surface area contributed by atoms with Crippen molar-refractivity contribution >= 4 is 15.6 Å².